The van der Waals surface area contributed by atoms with E-state index in [9.17, 15) is 23.1 Å². The van der Waals surface area contributed by atoms with E-state index in [2.05, 4.69) is 20.8 Å². The summed E-state index contributed by atoms with van der Waals surface area (Å²) in [6.07, 6.45) is -2.77. The molecule has 5 rings (SSSR count). The molecule has 1 aromatic heterocycles. The maximum Gasteiger partial charge on any atom is 0.320 e. The van der Waals surface area contributed by atoms with Crippen LogP contribution in [0.2, 0.25) is 0 Å². The van der Waals surface area contributed by atoms with Crippen LogP contribution in [0.1, 0.15) is 13.8 Å². The van der Waals surface area contributed by atoms with E-state index in [0.717, 1.165) is 6.07 Å². The first-order valence-electron chi connectivity index (χ1n) is 11.7. The number of para-hydroxylation sites is 1. The number of nitrogens with zero attached hydrogens (tertiary/aromatic N) is 5. The van der Waals surface area contributed by atoms with Crippen molar-refractivity contribution in [3.05, 3.63) is 30.1 Å². The van der Waals surface area contributed by atoms with Gasteiger partial charge in [-0.3, -0.25) is 0 Å². The molecule has 3 aliphatic rings. The van der Waals surface area contributed by atoms with E-state index in [1.165, 1.54) is 23.1 Å². The Bertz CT molecular complexity index is 1130. The van der Waals surface area contributed by atoms with Crippen LogP contribution in [-0.4, -0.2) is 94.5 Å². The lowest BCUT2D eigenvalue weighted by molar-refractivity contribution is 0.0137. The van der Waals surface area contributed by atoms with Crippen LogP contribution in [0.3, 0.4) is 0 Å². The van der Waals surface area contributed by atoms with Crippen molar-refractivity contribution < 1.29 is 23.1 Å². The van der Waals surface area contributed by atoms with Crippen LogP contribution >= 0.6 is 0 Å². The first kappa shape index (κ1) is 23.5. The molecule has 3 aliphatic heterocycles. The lowest BCUT2D eigenvalue weighted by atomic mass is 9.90. The van der Waals surface area contributed by atoms with Gasteiger partial charge in [-0.25, -0.2) is 18.0 Å². The summed E-state index contributed by atoms with van der Waals surface area (Å²) in [5.74, 6) is -1.07. The number of phenolic OH excluding ortho intramolecular Hbond substituents is 1. The van der Waals surface area contributed by atoms with Gasteiger partial charge in [0.1, 0.15) is 5.54 Å². The maximum atomic E-state index is 14.7. The molecule has 188 valence electrons. The monoisotopic (exact) mass is 491 g/mol. The van der Waals surface area contributed by atoms with Crippen LogP contribution in [0.25, 0.3) is 11.3 Å². The van der Waals surface area contributed by atoms with Crippen molar-refractivity contribution in [2.45, 2.75) is 37.9 Å². The van der Waals surface area contributed by atoms with Crippen LogP contribution in [0.4, 0.5) is 29.5 Å². The molecule has 0 spiro atoms. The van der Waals surface area contributed by atoms with Crippen LogP contribution in [-0.2, 0) is 0 Å². The minimum absolute atomic E-state index is 0.0474. The summed E-state index contributed by atoms with van der Waals surface area (Å²) in [6.45, 7) is 5.34. The van der Waals surface area contributed by atoms with Gasteiger partial charge in [0.25, 0.3) is 6.43 Å². The number of fused-ring (bicyclic) bond motifs is 3. The summed E-state index contributed by atoms with van der Waals surface area (Å²) in [5, 5.41) is 24.5. The normalized spacial score (nSPS) is 26.3. The summed E-state index contributed by atoms with van der Waals surface area (Å²) >= 11 is 0. The third-order valence-electron chi connectivity index (χ3n) is 7.21. The van der Waals surface area contributed by atoms with Gasteiger partial charge < -0.3 is 30.4 Å². The highest BCUT2D eigenvalue weighted by atomic mass is 19.3. The van der Waals surface area contributed by atoms with Crippen LogP contribution < -0.4 is 15.5 Å². The summed E-state index contributed by atoms with van der Waals surface area (Å²) < 4.78 is 43.4. The average molecular weight is 492 g/mol. The third-order valence-corrected chi connectivity index (χ3v) is 7.21. The summed E-state index contributed by atoms with van der Waals surface area (Å²) in [5.41, 5.74) is -1.02. The number of benzene rings is 1. The SMILES string of the molecule is C[C@@H]1CNC[C@H](C)N1C(=O)N1CCN2c3cc(-c4cccc(F)c4O)nnc3NC[C@]2(C(F)F)C1. The first-order chi connectivity index (χ1) is 16.7. The standard InChI is InChI=1S/C23H28F3N7O2/c1-13-9-27-10-14(2)33(13)22(35)31-6-7-32-18-8-17(15-4-3-5-16(24)19(15)34)29-30-20(18)28-11-23(32,12-31)21(25)26/h3-5,8,13-14,21,27,34H,6-7,9-12H2,1-2H3,(H,28,30)/t13-,14+,23-/m1/s1. The van der Waals surface area contributed by atoms with Crippen molar-refractivity contribution in [1.29, 1.82) is 0 Å². The molecule has 0 radical (unpaired) electrons. The minimum Gasteiger partial charge on any atom is -0.504 e. The molecule has 35 heavy (non-hydrogen) atoms. The van der Waals surface area contributed by atoms with Crippen molar-refractivity contribution in [1.82, 2.24) is 25.3 Å². The van der Waals surface area contributed by atoms with E-state index < -0.39 is 23.5 Å². The van der Waals surface area contributed by atoms with Crippen LogP contribution in [0.5, 0.6) is 5.75 Å². The highest BCUT2D eigenvalue weighted by Gasteiger charge is 2.53. The fourth-order valence-corrected chi connectivity index (χ4v) is 5.35. The van der Waals surface area contributed by atoms with E-state index in [4.69, 9.17) is 0 Å². The number of aromatic hydroxyl groups is 1. The van der Waals surface area contributed by atoms with Gasteiger partial charge >= 0.3 is 6.03 Å². The molecule has 3 N–H and O–H groups in total. The average Bonchev–Trinajstić information content (AvgIpc) is 2.84. The lowest BCUT2D eigenvalue weighted by Gasteiger charge is -2.54. The fourth-order valence-electron chi connectivity index (χ4n) is 5.35. The number of hydrogen-bond acceptors (Lipinski definition) is 7. The predicted molar refractivity (Wildman–Crippen MR) is 124 cm³/mol. The molecule has 9 nitrogen and oxygen atoms in total. The molecule has 4 heterocycles. The number of amides is 2. The Morgan fingerprint density at radius 2 is 1.94 bits per heavy atom. The zero-order chi connectivity index (χ0) is 24.9. The maximum absolute atomic E-state index is 14.7. The predicted octanol–water partition coefficient (Wildman–Crippen LogP) is 2.34. The van der Waals surface area contributed by atoms with Crippen molar-refractivity contribution in [2.75, 3.05) is 49.5 Å². The Hall–Kier alpha value is -3.28. The Labute approximate surface area is 200 Å². The van der Waals surface area contributed by atoms with Gasteiger partial charge in [-0.2, -0.15) is 0 Å². The largest absolute Gasteiger partial charge is 0.504 e. The third kappa shape index (κ3) is 3.79. The van der Waals surface area contributed by atoms with Crippen molar-refractivity contribution >= 4 is 17.5 Å². The number of halogens is 3. The number of carbonyl (C=O) groups is 1. The molecule has 12 heteroatoms. The second-order valence-electron chi connectivity index (χ2n) is 9.48. The quantitative estimate of drug-likeness (QED) is 0.594. The molecule has 2 fully saturated rings. The van der Waals surface area contributed by atoms with E-state index in [-0.39, 0.29) is 55.6 Å². The highest BCUT2D eigenvalue weighted by Crippen LogP contribution is 2.42. The summed E-state index contributed by atoms with van der Waals surface area (Å²) in [6, 6.07) is 5.22. The zero-order valence-electron chi connectivity index (χ0n) is 19.5. The van der Waals surface area contributed by atoms with Crippen LogP contribution in [0.15, 0.2) is 24.3 Å². The van der Waals surface area contributed by atoms with Crippen molar-refractivity contribution in [3.63, 3.8) is 0 Å². The summed E-state index contributed by atoms with van der Waals surface area (Å²) in [4.78, 5) is 18.3. The Morgan fingerprint density at radius 1 is 1.20 bits per heavy atom. The molecule has 0 bridgehead atoms. The lowest BCUT2D eigenvalue weighted by Crippen LogP contribution is -2.73. The van der Waals surface area contributed by atoms with Gasteiger partial charge in [0.05, 0.1) is 17.9 Å². The van der Waals surface area contributed by atoms with E-state index >= 15 is 0 Å². The Balaban J connectivity index is 1.48. The van der Waals surface area contributed by atoms with E-state index in [1.807, 2.05) is 13.8 Å². The Morgan fingerprint density at radius 3 is 2.66 bits per heavy atom. The number of piperazine rings is 2. The molecule has 0 aliphatic carbocycles. The fraction of sp³-hybridized carbons (Fsp3) is 0.522. The molecule has 2 aromatic rings. The molecule has 3 atom stereocenters. The number of phenols is 1. The minimum atomic E-state index is -2.77. The molecule has 2 amide bonds. The molecule has 2 saturated heterocycles. The molecular weight excluding hydrogens is 463 g/mol. The first-order valence-corrected chi connectivity index (χ1v) is 11.7. The van der Waals surface area contributed by atoms with Crippen molar-refractivity contribution in [3.8, 4) is 17.0 Å². The Kier molecular flexibility index (Phi) is 5.86. The number of hydrogen-bond donors (Lipinski definition) is 3. The van der Waals surface area contributed by atoms with Gasteiger partial charge in [-0.05, 0) is 32.0 Å². The molecule has 0 unspecified atom stereocenters. The number of urea groups is 1. The number of aromatic nitrogens is 2. The van der Waals surface area contributed by atoms with Gasteiger partial charge in [0.2, 0.25) is 0 Å². The van der Waals surface area contributed by atoms with Gasteiger partial charge in [-0.15, -0.1) is 10.2 Å². The van der Waals surface area contributed by atoms with Crippen molar-refractivity contribution in [2.24, 2.45) is 0 Å². The molecule has 1 aromatic carbocycles. The van der Waals surface area contributed by atoms with E-state index in [0.29, 0.717) is 24.6 Å². The van der Waals surface area contributed by atoms with E-state index in [1.54, 1.807) is 9.80 Å². The topological polar surface area (TPSA) is 96.9 Å². The molecular formula is C23H28F3N7O2. The zero-order valence-corrected chi connectivity index (χ0v) is 19.5. The second kappa shape index (κ2) is 8.74. The van der Waals surface area contributed by atoms with Gasteiger partial charge in [0.15, 0.2) is 17.4 Å². The molecule has 0 saturated carbocycles. The smallest absolute Gasteiger partial charge is 0.320 e. The number of rotatable bonds is 2. The number of anilines is 2. The van der Waals surface area contributed by atoms with Gasteiger partial charge in [-0.1, -0.05) is 6.07 Å². The number of nitrogens with one attached hydrogen (secondary N) is 2. The van der Waals surface area contributed by atoms with Gasteiger partial charge in [0, 0.05) is 50.4 Å². The van der Waals surface area contributed by atoms with Crippen LogP contribution in [0, 0.1) is 5.82 Å². The highest BCUT2D eigenvalue weighted by molar-refractivity contribution is 5.79. The summed E-state index contributed by atoms with van der Waals surface area (Å²) in [7, 11) is 0. The second-order valence-corrected chi connectivity index (χ2v) is 9.48. The number of alkyl halides is 2. The number of carbonyl (C=O) groups excluding carboxylic acids is 1.